The van der Waals surface area contributed by atoms with Crippen molar-refractivity contribution in [2.45, 2.75) is 64.1 Å². The fourth-order valence-corrected chi connectivity index (χ4v) is 3.70. The number of hydrogen-bond acceptors (Lipinski definition) is 2. The predicted molar refractivity (Wildman–Crippen MR) is 86.6 cm³/mol. The van der Waals surface area contributed by atoms with Gasteiger partial charge in [0.05, 0.1) is 0 Å². The van der Waals surface area contributed by atoms with Gasteiger partial charge in [0.2, 0.25) is 0 Å². The Bertz CT molecular complexity index is 449. The minimum absolute atomic E-state index is 0.0361. The van der Waals surface area contributed by atoms with E-state index in [1.165, 1.54) is 31.7 Å². The molecule has 2 rings (SSSR count). The molecule has 1 aromatic rings. The Balaban J connectivity index is 2.23. The number of likely N-dealkylation sites (N-methyl/N-ethyl adjacent to an activating group) is 1. The van der Waals surface area contributed by atoms with Crippen molar-refractivity contribution in [1.82, 2.24) is 4.90 Å². The molecular weight excluding hydrogens is 263 g/mol. The maximum absolute atomic E-state index is 13.6. The van der Waals surface area contributed by atoms with E-state index in [-0.39, 0.29) is 17.9 Å². The van der Waals surface area contributed by atoms with Gasteiger partial charge in [-0.15, -0.1) is 0 Å². The van der Waals surface area contributed by atoms with Gasteiger partial charge >= 0.3 is 0 Å². The molecule has 0 heterocycles. The number of benzene rings is 1. The smallest absolute Gasteiger partial charge is 0.123 e. The van der Waals surface area contributed by atoms with Crippen LogP contribution in [0.4, 0.5) is 4.39 Å². The summed E-state index contributed by atoms with van der Waals surface area (Å²) in [5.41, 5.74) is 7.38. The van der Waals surface area contributed by atoms with Crippen molar-refractivity contribution in [2.24, 2.45) is 11.7 Å². The Morgan fingerprint density at radius 1 is 1.38 bits per heavy atom. The highest BCUT2D eigenvalue weighted by Crippen LogP contribution is 2.33. The van der Waals surface area contributed by atoms with Gasteiger partial charge < -0.3 is 5.73 Å². The fourth-order valence-electron chi connectivity index (χ4n) is 3.70. The summed E-state index contributed by atoms with van der Waals surface area (Å²) < 4.78 is 13.6. The number of hydrogen-bond donors (Lipinski definition) is 1. The van der Waals surface area contributed by atoms with Gasteiger partial charge in [-0.3, -0.25) is 4.90 Å². The lowest BCUT2D eigenvalue weighted by atomic mass is 9.84. The van der Waals surface area contributed by atoms with E-state index in [0.29, 0.717) is 6.04 Å². The molecule has 1 aromatic carbocycles. The first-order chi connectivity index (χ1) is 10.0. The van der Waals surface area contributed by atoms with Crippen LogP contribution >= 0.6 is 0 Å². The number of rotatable bonds is 5. The third kappa shape index (κ3) is 4.04. The fraction of sp³-hybridized carbons (Fsp3) is 0.667. The van der Waals surface area contributed by atoms with E-state index in [1.807, 2.05) is 6.07 Å². The average molecular weight is 292 g/mol. The zero-order valence-electron chi connectivity index (χ0n) is 13.6. The maximum Gasteiger partial charge on any atom is 0.123 e. The van der Waals surface area contributed by atoms with Crippen molar-refractivity contribution in [3.05, 3.63) is 35.6 Å². The molecule has 0 amide bonds. The summed E-state index contributed by atoms with van der Waals surface area (Å²) in [6.45, 7) is 4.44. The van der Waals surface area contributed by atoms with Gasteiger partial charge in [0, 0.05) is 18.1 Å². The van der Waals surface area contributed by atoms with Gasteiger partial charge in [0.15, 0.2) is 0 Å². The molecule has 2 N–H and O–H groups in total. The number of nitrogens with two attached hydrogens (primary N) is 1. The summed E-state index contributed by atoms with van der Waals surface area (Å²) in [6.07, 6.45) is 5.96. The number of nitrogens with zero attached hydrogens (tertiary/aromatic N) is 1. The third-order valence-corrected chi connectivity index (χ3v) is 4.99. The quantitative estimate of drug-likeness (QED) is 0.884. The normalized spacial score (nSPS) is 25.8. The largest absolute Gasteiger partial charge is 0.326 e. The van der Waals surface area contributed by atoms with Crippen molar-refractivity contribution in [2.75, 3.05) is 7.05 Å². The van der Waals surface area contributed by atoms with E-state index in [1.54, 1.807) is 12.1 Å². The number of halogens is 1. The van der Waals surface area contributed by atoms with Crippen LogP contribution in [-0.2, 0) is 0 Å². The average Bonchev–Trinajstić information content (AvgIpc) is 2.47. The first-order valence-electron chi connectivity index (χ1n) is 8.26. The summed E-state index contributed by atoms with van der Waals surface area (Å²) in [5.74, 6) is 0.600. The highest BCUT2D eigenvalue weighted by atomic mass is 19.1. The van der Waals surface area contributed by atoms with Crippen molar-refractivity contribution in [1.29, 1.82) is 0 Å². The summed E-state index contributed by atoms with van der Waals surface area (Å²) in [6, 6.07) is 7.63. The Hall–Kier alpha value is -0.930. The monoisotopic (exact) mass is 292 g/mol. The lowest BCUT2D eigenvalue weighted by Crippen LogP contribution is -2.45. The van der Waals surface area contributed by atoms with E-state index < -0.39 is 0 Å². The topological polar surface area (TPSA) is 29.3 Å². The molecular formula is C18H29FN2. The first-order valence-corrected chi connectivity index (χ1v) is 8.26. The molecule has 0 bridgehead atoms. The summed E-state index contributed by atoms with van der Waals surface area (Å²) in [4.78, 5) is 2.40. The van der Waals surface area contributed by atoms with E-state index in [0.717, 1.165) is 17.9 Å². The molecule has 4 unspecified atom stereocenters. The minimum atomic E-state index is -0.175. The molecule has 1 aliphatic rings. The lowest BCUT2D eigenvalue weighted by molar-refractivity contribution is 0.102. The van der Waals surface area contributed by atoms with Gasteiger partial charge in [-0.2, -0.15) is 0 Å². The molecule has 21 heavy (non-hydrogen) atoms. The Labute approximate surface area is 128 Å². The second-order valence-electron chi connectivity index (χ2n) is 6.66. The summed E-state index contributed by atoms with van der Waals surface area (Å²) in [7, 11) is 2.16. The van der Waals surface area contributed by atoms with Crippen LogP contribution in [-0.4, -0.2) is 24.0 Å². The van der Waals surface area contributed by atoms with E-state index >= 15 is 0 Å². The highest BCUT2D eigenvalue weighted by Gasteiger charge is 2.31. The summed E-state index contributed by atoms with van der Waals surface area (Å²) >= 11 is 0. The molecule has 0 spiro atoms. The Morgan fingerprint density at radius 2 is 2.14 bits per heavy atom. The lowest BCUT2D eigenvalue weighted by Gasteiger charge is -2.41. The first kappa shape index (κ1) is 16.4. The Morgan fingerprint density at radius 3 is 2.76 bits per heavy atom. The van der Waals surface area contributed by atoms with Crippen molar-refractivity contribution >= 4 is 0 Å². The van der Waals surface area contributed by atoms with Crippen molar-refractivity contribution < 1.29 is 4.39 Å². The van der Waals surface area contributed by atoms with E-state index in [4.69, 9.17) is 5.73 Å². The van der Waals surface area contributed by atoms with Gasteiger partial charge in [-0.05, 0) is 49.9 Å². The molecule has 0 aromatic heterocycles. The van der Waals surface area contributed by atoms with Crippen LogP contribution in [0.1, 0.15) is 57.6 Å². The van der Waals surface area contributed by atoms with Crippen molar-refractivity contribution in [3.8, 4) is 0 Å². The SMILES string of the molecule is CCC(N)C(c1cccc(F)c1)N(C)C1CCCC(C)C1. The Kier molecular flexibility index (Phi) is 5.77. The van der Waals surface area contributed by atoms with Crippen LogP contribution in [0.3, 0.4) is 0 Å². The maximum atomic E-state index is 13.6. The minimum Gasteiger partial charge on any atom is -0.326 e. The molecule has 0 saturated heterocycles. The molecule has 118 valence electrons. The zero-order chi connectivity index (χ0) is 15.4. The molecule has 4 atom stereocenters. The predicted octanol–water partition coefficient (Wildman–Crippen LogP) is 4.11. The third-order valence-electron chi connectivity index (χ3n) is 4.99. The molecule has 2 nitrogen and oxygen atoms in total. The van der Waals surface area contributed by atoms with E-state index in [9.17, 15) is 4.39 Å². The molecule has 0 aliphatic heterocycles. The van der Waals surface area contributed by atoms with Gasteiger partial charge in [0.1, 0.15) is 5.82 Å². The van der Waals surface area contributed by atoms with Crippen LogP contribution in [0, 0.1) is 11.7 Å². The molecule has 3 heteroatoms. The van der Waals surface area contributed by atoms with E-state index in [2.05, 4.69) is 25.8 Å². The van der Waals surface area contributed by atoms with Crippen LogP contribution < -0.4 is 5.73 Å². The van der Waals surface area contributed by atoms with Crippen LogP contribution in [0.2, 0.25) is 0 Å². The second-order valence-corrected chi connectivity index (χ2v) is 6.66. The van der Waals surface area contributed by atoms with Gasteiger partial charge in [0.25, 0.3) is 0 Å². The molecule has 1 fully saturated rings. The highest BCUT2D eigenvalue weighted by molar-refractivity contribution is 5.22. The zero-order valence-corrected chi connectivity index (χ0v) is 13.6. The molecule has 0 radical (unpaired) electrons. The second kappa shape index (κ2) is 7.37. The van der Waals surface area contributed by atoms with Crippen molar-refractivity contribution in [3.63, 3.8) is 0 Å². The van der Waals surface area contributed by atoms with Gasteiger partial charge in [-0.25, -0.2) is 4.39 Å². The molecule has 1 aliphatic carbocycles. The van der Waals surface area contributed by atoms with Gasteiger partial charge in [-0.1, -0.05) is 38.8 Å². The molecule has 1 saturated carbocycles. The van der Waals surface area contributed by atoms with Crippen LogP contribution in [0.25, 0.3) is 0 Å². The van der Waals surface area contributed by atoms with Crippen LogP contribution in [0.15, 0.2) is 24.3 Å². The van der Waals surface area contributed by atoms with Crippen LogP contribution in [0.5, 0.6) is 0 Å². The standard InChI is InChI=1S/C18H29FN2/c1-4-17(20)18(14-8-6-9-15(19)12-14)21(3)16-10-5-7-13(2)11-16/h6,8-9,12-13,16-18H,4-5,7,10-11,20H2,1-3H3. The summed E-state index contributed by atoms with van der Waals surface area (Å²) in [5, 5.41) is 0.